The Kier molecular flexibility index (Phi) is 6.26. The number of thiophene rings is 1. The van der Waals surface area contributed by atoms with Crippen molar-refractivity contribution >= 4 is 35.3 Å². The summed E-state index contributed by atoms with van der Waals surface area (Å²) >= 11 is 3.40. The van der Waals surface area contributed by atoms with Gasteiger partial charge in [-0.3, -0.25) is 9.59 Å². The normalized spacial score (nSPS) is 17.0. The Balaban J connectivity index is 1.61. The molecule has 0 fully saturated rings. The average molecular weight is 442 g/mol. The first-order valence-electron chi connectivity index (χ1n) is 9.67. The fourth-order valence-corrected chi connectivity index (χ4v) is 5.57. The molecule has 1 aliphatic heterocycles. The van der Waals surface area contributed by atoms with Crippen molar-refractivity contribution in [3.05, 3.63) is 83.7 Å². The number of thioether (sulfide) groups is 1. The lowest BCUT2D eigenvalue weighted by Crippen LogP contribution is -2.46. The number of fused-ring (bicyclic) bond motifs is 1. The summed E-state index contributed by atoms with van der Waals surface area (Å²) in [7, 11) is 4.11. The molecule has 0 aromatic carbocycles. The minimum atomic E-state index is -0.307. The highest BCUT2D eigenvalue weighted by Crippen LogP contribution is 2.34. The zero-order valence-electron chi connectivity index (χ0n) is 16.9. The summed E-state index contributed by atoms with van der Waals surface area (Å²) < 4.78 is 6.40. The first-order chi connectivity index (χ1) is 14.5. The molecule has 2 aromatic rings. The maximum Gasteiger partial charge on any atom is 0.272 e. The van der Waals surface area contributed by atoms with Gasteiger partial charge in [-0.25, -0.2) is 0 Å². The number of nitrogens with zero attached hydrogens (tertiary/aromatic N) is 1. The molecule has 2 N–H and O–H groups in total. The van der Waals surface area contributed by atoms with Gasteiger partial charge >= 0.3 is 0 Å². The van der Waals surface area contributed by atoms with Crippen LogP contribution in [0.4, 0.5) is 0 Å². The lowest BCUT2D eigenvalue weighted by Gasteiger charge is -2.07. The van der Waals surface area contributed by atoms with Crippen molar-refractivity contribution in [2.45, 2.75) is 17.1 Å². The van der Waals surface area contributed by atoms with Crippen molar-refractivity contribution in [2.75, 3.05) is 26.4 Å². The van der Waals surface area contributed by atoms with Gasteiger partial charge in [0.2, 0.25) is 0 Å². The van der Waals surface area contributed by atoms with Crippen molar-refractivity contribution in [1.29, 1.82) is 0 Å². The molecule has 8 heteroatoms. The van der Waals surface area contributed by atoms with Crippen molar-refractivity contribution in [1.82, 2.24) is 14.9 Å². The van der Waals surface area contributed by atoms with Crippen LogP contribution in [0, 0.1) is 0 Å². The first-order valence-corrected chi connectivity index (χ1v) is 11.5. The number of aromatic amines is 2. The molecule has 30 heavy (non-hydrogen) atoms. The number of hydrogen-bond acceptors (Lipinski definition) is 6. The van der Waals surface area contributed by atoms with Crippen LogP contribution in [0.25, 0.3) is 12.2 Å². The monoisotopic (exact) mass is 441 g/mol. The van der Waals surface area contributed by atoms with E-state index in [0.717, 1.165) is 46.7 Å². The standard InChI is InChI=1S/C22H23N3O3S2/c1-25(2)8-10-29-20-6-5-16(30-20)12-19-22(27)23-18(21(26)24-19)11-14-3-4-15-13-28-9-7-17(14)15/h5-7,9,11-13H,3-4,8,10H2,1-2H3,(H,23,27)(H,24,26). The van der Waals surface area contributed by atoms with E-state index in [-0.39, 0.29) is 21.8 Å². The van der Waals surface area contributed by atoms with E-state index in [2.05, 4.69) is 29.0 Å². The van der Waals surface area contributed by atoms with Gasteiger partial charge in [0.25, 0.3) is 11.1 Å². The summed E-state index contributed by atoms with van der Waals surface area (Å²) in [4.78, 5) is 33.7. The van der Waals surface area contributed by atoms with Crippen molar-refractivity contribution in [3.63, 3.8) is 0 Å². The minimum absolute atomic E-state index is 0.263. The smallest absolute Gasteiger partial charge is 0.272 e. The Morgan fingerprint density at radius 3 is 2.67 bits per heavy atom. The average Bonchev–Trinajstić information content (AvgIpc) is 3.33. The lowest BCUT2D eigenvalue weighted by atomic mass is 10.1. The van der Waals surface area contributed by atoms with Gasteiger partial charge in [0.1, 0.15) is 10.7 Å². The summed E-state index contributed by atoms with van der Waals surface area (Å²) in [6.07, 6.45) is 10.4. The SMILES string of the molecule is CN(C)CCSc1ccc(C=c2[nH]c(=O)c(=CC3=C4C=COC=C4CC3)[nH]c2=O)s1. The summed E-state index contributed by atoms with van der Waals surface area (Å²) in [5.74, 6) is 1.00. The van der Waals surface area contributed by atoms with Crippen LogP contribution in [0.2, 0.25) is 0 Å². The molecule has 0 saturated heterocycles. The molecular formula is C22H23N3O3S2. The van der Waals surface area contributed by atoms with E-state index in [1.165, 1.54) is 4.21 Å². The van der Waals surface area contributed by atoms with Crippen molar-refractivity contribution in [2.24, 2.45) is 0 Å². The number of H-pyrrole nitrogens is 2. The van der Waals surface area contributed by atoms with E-state index in [0.29, 0.717) is 0 Å². The molecule has 0 atom stereocenters. The Labute approximate surface area is 182 Å². The second kappa shape index (κ2) is 9.07. The molecular weight excluding hydrogens is 418 g/mol. The lowest BCUT2D eigenvalue weighted by molar-refractivity contribution is 0.393. The molecule has 156 valence electrons. The van der Waals surface area contributed by atoms with E-state index in [4.69, 9.17) is 4.74 Å². The van der Waals surface area contributed by atoms with Gasteiger partial charge in [-0.05, 0) is 74.0 Å². The molecule has 0 spiro atoms. The van der Waals surface area contributed by atoms with Crippen LogP contribution in [0.3, 0.4) is 0 Å². The molecule has 0 unspecified atom stereocenters. The molecule has 1 aliphatic carbocycles. The van der Waals surface area contributed by atoms with Crippen LogP contribution >= 0.6 is 23.1 Å². The van der Waals surface area contributed by atoms with Crippen LogP contribution in [-0.2, 0) is 4.74 Å². The fourth-order valence-electron chi connectivity index (χ4n) is 3.29. The maximum absolute atomic E-state index is 12.6. The molecule has 0 bridgehead atoms. The van der Waals surface area contributed by atoms with E-state index in [1.54, 1.807) is 47.8 Å². The highest BCUT2D eigenvalue weighted by molar-refractivity contribution is 8.01. The Hall–Kier alpha value is -2.55. The third kappa shape index (κ3) is 4.77. The van der Waals surface area contributed by atoms with E-state index < -0.39 is 0 Å². The van der Waals surface area contributed by atoms with Gasteiger partial charge in [-0.2, -0.15) is 0 Å². The third-order valence-corrected chi connectivity index (χ3v) is 7.09. The number of ether oxygens (including phenoxy) is 1. The molecule has 0 amide bonds. The quantitative estimate of drug-likeness (QED) is 0.670. The van der Waals surface area contributed by atoms with Crippen molar-refractivity contribution < 1.29 is 4.74 Å². The predicted octanol–water partition coefficient (Wildman–Crippen LogP) is 1.91. The van der Waals surface area contributed by atoms with Gasteiger partial charge in [0.05, 0.1) is 16.7 Å². The number of nitrogens with one attached hydrogen (secondary N) is 2. The summed E-state index contributed by atoms with van der Waals surface area (Å²) in [6, 6.07) is 4.02. The Morgan fingerprint density at radius 2 is 1.90 bits per heavy atom. The van der Waals surface area contributed by atoms with Gasteiger partial charge < -0.3 is 19.6 Å². The maximum atomic E-state index is 12.6. The largest absolute Gasteiger partial charge is 0.472 e. The van der Waals surface area contributed by atoms with Crippen LogP contribution in [0.5, 0.6) is 0 Å². The molecule has 2 aromatic heterocycles. The van der Waals surface area contributed by atoms with Crippen LogP contribution < -0.4 is 21.8 Å². The third-order valence-electron chi connectivity index (χ3n) is 4.85. The second-order valence-corrected chi connectivity index (χ2v) is 9.86. The van der Waals surface area contributed by atoms with Crippen molar-refractivity contribution in [3.8, 4) is 0 Å². The van der Waals surface area contributed by atoms with Gasteiger partial charge in [-0.15, -0.1) is 23.1 Å². The van der Waals surface area contributed by atoms with Gasteiger partial charge in [-0.1, -0.05) is 0 Å². The zero-order chi connectivity index (χ0) is 21.1. The second-order valence-electron chi connectivity index (χ2n) is 7.35. The molecule has 4 rings (SSSR count). The Bertz CT molecular complexity index is 1280. The van der Waals surface area contributed by atoms with Crippen LogP contribution in [-0.4, -0.2) is 41.3 Å². The van der Waals surface area contributed by atoms with Gasteiger partial charge in [0.15, 0.2) is 0 Å². The summed E-state index contributed by atoms with van der Waals surface area (Å²) in [5, 5.41) is 0.534. The molecule has 0 radical (unpaired) electrons. The topological polar surface area (TPSA) is 78.2 Å². The summed E-state index contributed by atoms with van der Waals surface area (Å²) in [6.45, 7) is 1.00. The molecule has 6 nitrogen and oxygen atoms in total. The van der Waals surface area contributed by atoms with E-state index in [1.807, 2.05) is 18.2 Å². The molecule has 3 heterocycles. The highest BCUT2D eigenvalue weighted by atomic mass is 32.2. The van der Waals surface area contributed by atoms with Crippen LogP contribution in [0.1, 0.15) is 17.7 Å². The number of rotatable bonds is 6. The predicted molar refractivity (Wildman–Crippen MR) is 123 cm³/mol. The number of allylic oxidation sites excluding steroid dienone is 4. The number of hydrogen-bond donors (Lipinski definition) is 2. The van der Waals surface area contributed by atoms with E-state index in [9.17, 15) is 9.59 Å². The first kappa shape index (κ1) is 20.7. The van der Waals surface area contributed by atoms with Crippen LogP contribution in [0.15, 0.2) is 61.3 Å². The molecule has 2 aliphatic rings. The fraction of sp³-hybridized carbons (Fsp3) is 0.273. The molecule has 0 saturated carbocycles. The summed E-state index contributed by atoms with van der Waals surface area (Å²) in [5.41, 5.74) is 2.59. The van der Waals surface area contributed by atoms with E-state index >= 15 is 0 Å². The Morgan fingerprint density at radius 1 is 1.13 bits per heavy atom. The highest BCUT2D eigenvalue weighted by Gasteiger charge is 2.18. The zero-order valence-corrected chi connectivity index (χ0v) is 18.5. The minimum Gasteiger partial charge on any atom is -0.472 e. The number of aromatic nitrogens is 2. The van der Waals surface area contributed by atoms with Gasteiger partial charge in [0, 0.05) is 17.2 Å².